The van der Waals surface area contributed by atoms with Crippen LogP contribution in [0.4, 0.5) is 0 Å². The fraction of sp³-hybridized carbons (Fsp3) is 0.417. The van der Waals surface area contributed by atoms with E-state index in [2.05, 4.69) is 43.0 Å². The van der Waals surface area contributed by atoms with Crippen LogP contribution >= 0.6 is 0 Å². The summed E-state index contributed by atoms with van der Waals surface area (Å²) in [6.45, 7) is 6.78. The minimum Gasteiger partial charge on any atom is -0.360 e. The van der Waals surface area contributed by atoms with E-state index in [4.69, 9.17) is 0 Å². The van der Waals surface area contributed by atoms with Gasteiger partial charge in [0, 0.05) is 17.8 Å². The molecule has 0 bridgehead atoms. The van der Waals surface area contributed by atoms with Gasteiger partial charge in [0.15, 0.2) is 0 Å². The Bertz CT molecular complexity index is 429. The molecule has 0 spiro atoms. The zero-order chi connectivity index (χ0) is 10.1. The van der Waals surface area contributed by atoms with Crippen LogP contribution in [0.5, 0.6) is 0 Å². The number of H-pyrrole nitrogens is 1. The molecule has 74 valence electrons. The normalized spacial score (nSPS) is 13.7. The second-order valence-electron chi connectivity index (χ2n) is 4.20. The quantitative estimate of drug-likeness (QED) is 0.769. The highest BCUT2D eigenvalue weighted by molar-refractivity contribution is 5.82. The number of hydrogen-bond donors (Lipinski definition) is 1. The zero-order valence-corrected chi connectivity index (χ0v) is 8.91. The van der Waals surface area contributed by atoms with Gasteiger partial charge in [-0.3, -0.25) is 4.98 Å². The van der Waals surface area contributed by atoms with Crippen LogP contribution in [0.25, 0.3) is 10.9 Å². The van der Waals surface area contributed by atoms with Gasteiger partial charge in [0.1, 0.15) is 0 Å². The average molecular weight is 188 g/mol. The van der Waals surface area contributed by atoms with E-state index in [1.807, 2.05) is 12.4 Å². The van der Waals surface area contributed by atoms with Crippen LogP contribution in [-0.2, 0) is 0 Å². The van der Waals surface area contributed by atoms with Gasteiger partial charge in [-0.2, -0.15) is 0 Å². The molecule has 0 aliphatic heterocycles. The molecule has 2 heteroatoms. The summed E-state index contributed by atoms with van der Waals surface area (Å²) in [6.07, 6.45) is 5.84. The van der Waals surface area contributed by atoms with Crippen molar-refractivity contribution < 1.29 is 0 Å². The first-order valence-corrected chi connectivity index (χ1v) is 5.11. The third kappa shape index (κ3) is 1.41. The maximum atomic E-state index is 4.10. The minimum absolute atomic E-state index is 0.589. The zero-order valence-electron chi connectivity index (χ0n) is 8.91. The first-order valence-electron chi connectivity index (χ1n) is 5.11. The van der Waals surface area contributed by atoms with Crippen molar-refractivity contribution in [1.29, 1.82) is 0 Å². The average Bonchev–Trinajstić information content (AvgIpc) is 2.60. The summed E-state index contributed by atoms with van der Waals surface area (Å²) >= 11 is 0. The summed E-state index contributed by atoms with van der Waals surface area (Å²) in [5, 5.41) is 1.31. The standard InChI is InChI=1S/C12H16N2/c1-8(2)9(3)11-6-14-12-7-13-5-4-10(11)12/h4-9,14H,1-3H3. The molecule has 0 radical (unpaired) electrons. The molecule has 0 saturated heterocycles. The van der Waals surface area contributed by atoms with E-state index in [-0.39, 0.29) is 0 Å². The molecule has 2 rings (SSSR count). The molecule has 0 aromatic carbocycles. The van der Waals surface area contributed by atoms with E-state index < -0.39 is 0 Å². The van der Waals surface area contributed by atoms with Crippen LogP contribution < -0.4 is 0 Å². The maximum Gasteiger partial charge on any atom is 0.0643 e. The third-order valence-corrected chi connectivity index (χ3v) is 3.01. The van der Waals surface area contributed by atoms with Gasteiger partial charge in [0.05, 0.1) is 11.7 Å². The van der Waals surface area contributed by atoms with Gasteiger partial charge < -0.3 is 4.98 Å². The summed E-state index contributed by atoms with van der Waals surface area (Å²) < 4.78 is 0. The molecule has 2 nitrogen and oxygen atoms in total. The minimum atomic E-state index is 0.589. The van der Waals surface area contributed by atoms with Crippen LogP contribution in [0.15, 0.2) is 24.7 Å². The summed E-state index contributed by atoms with van der Waals surface area (Å²) in [7, 11) is 0. The number of rotatable bonds is 2. The highest BCUT2D eigenvalue weighted by Gasteiger charge is 2.13. The first-order chi connectivity index (χ1) is 6.70. The van der Waals surface area contributed by atoms with Gasteiger partial charge in [-0.1, -0.05) is 20.8 Å². The largest absolute Gasteiger partial charge is 0.360 e. The van der Waals surface area contributed by atoms with E-state index >= 15 is 0 Å². The highest BCUT2D eigenvalue weighted by Crippen LogP contribution is 2.29. The number of nitrogens with zero attached hydrogens (tertiary/aromatic N) is 1. The van der Waals surface area contributed by atoms with E-state index in [1.54, 1.807) is 0 Å². The topological polar surface area (TPSA) is 28.7 Å². The Kier molecular flexibility index (Phi) is 2.28. The lowest BCUT2D eigenvalue weighted by atomic mass is 9.90. The van der Waals surface area contributed by atoms with Crippen molar-refractivity contribution in [2.45, 2.75) is 26.7 Å². The molecular formula is C12H16N2. The lowest BCUT2D eigenvalue weighted by Crippen LogP contribution is -2.00. The molecule has 14 heavy (non-hydrogen) atoms. The van der Waals surface area contributed by atoms with Gasteiger partial charge in [-0.25, -0.2) is 0 Å². The molecule has 2 heterocycles. The van der Waals surface area contributed by atoms with Gasteiger partial charge in [-0.05, 0) is 23.5 Å². The molecular weight excluding hydrogens is 172 g/mol. The van der Waals surface area contributed by atoms with Gasteiger partial charge in [0.25, 0.3) is 0 Å². The van der Waals surface area contributed by atoms with Crippen LogP contribution in [0.1, 0.15) is 32.3 Å². The summed E-state index contributed by atoms with van der Waals surface area (Å²) in [6, 6.07) is 2.08. The number of aromatic amines is 1. The predicted octanol–water partition coefficient (Wildman–Crippen LogP) is 3.32. The Morgan fingerprint density at radius 2 is 2.07 bits per heavy atom. The van der Waals surface area contributed by atoms with Crippen LogP contribution in [0.2, 0.25) is 0 Å². The van der Waals surface area contributed by atoms with Crippen LogP contribution in [0, 0.1) is 5.92 Å². The Balaban J connectivity index is 2.53. The molecule has 0 amide bonds. The number of aromatic nitrogens is 2. The molecule has 0 aliphatic carbocycles. The smallest absolute Gasteiger partial charge is 0.0643 e. The van der Waals surface area contributed by atoms with Crippen molar-refractivity contribution in [3.63, 3.8) is 0 Å². The monoisotopic (exact) mass is 188 g/mol. The Morgan fingerprint density at radius 3 is 2.79 bits per heavy atom. The summed E-state index contributed by atoms with van der Waals surface area (Å²) in [5.41, 5.74) is 2.53. The number of nitrogens with one attached hydrogen (secondary N) is 1. The van der Waals surface area contributed by atoms with Crippen LogP contribution in [0.3, 0.4) is 0 Å². The SMILES string of the molecule is CC(C)C(C)c1c[nH]c2cnccc12. The predicted molar refractivity (Wildman–Crippen MR) is 59.3 cm³/mol. The molecule has 1 atom stereocenters. The fourth-order valence-corrected chi connectivity index (χ4v) is 1.73. The van der Waals surface area contributed by atoms with Gasteiger partial charge >= 0.3 is 0 Å². The number of hydrogen-bond acceptors (Lipinski definition) is 1. The van der Waals surface area contributed by atoms with Crippen molar-refractivity contribution in [1.82, 2.24) is 9.97 Å². The van der Waals surface area contributed by atoms with E-state index in [0.717, 1.165) is 5.52 Å². The van der Waals surface area contributed by atoms with E-state index in [0.29, 0.717) is 11.8 Å². The van der Waals surface area contributed by atoms with Crippen molar-refractivity contribution >= 4 is 10.9 Å². The van der Waals surface area contributed by atoms with E-state index in [1.165, 1.54) is 10.9 Å². The molecule has 0 saturated carbocycles. The van der Waals surface area contributed by atoms with Crippen molar-refractivity contribution in [3.8, 4) is 0 Å². The van der Waals surface area contributed by atoms with Crippen molar-refractivity contribution in [2.75, 3.05) is 0 Å². The number of fused-ring (bicyclic) bond motifs is 1. The Morgan fingerprint density at radius 1 is 1.29 bits per heavy atom. The first kappa shape index (κ1) is 9.25. The Labute approximate surface area is 84.4 Å². The third-order valence-electron chi connectivity index (χ3n) is 3.01. The fourth-order valence-electron chi connectivity index (χ4n) is 1.73. The highest BCUT2D eigenvalue weighted by atomic mass is 14.7. The second-order valence-corrected chi connectivity index (χ2v) is 4.20. The molecule has 0 aliphatic rings. The van der Waals surface area contributed by atoms with Gasteiger partial charge in [-0.15, -0.1) is 0 Å². The number of pyridine rings is 1. The lowest BCUT2D eigenvalue weighted by molar-refractivity contribution is 0.538. The second kappa shape index (κ2) is 3.45. The Hall–Kier alpha value is -1.31. The molecule has 2 aromatic heterocycles. The van der Waals surface area contributed by atoms with Crippen molar-refractivity contribution in [3.05, 3.63) is 30.2 Å². The molecule has 1 N–H and O–H groups in total. The molecule has 0 fully saturated rings. The summed E-state index contributed by atoms with van der Waals surface area (Å²) in [4.78, 5) is 7.36. The van der Waals surface area contributed by atoms with E-state index in [9.17, 15) is 0 Å². The summed E-state index contributed by atoms with van der Waals surface area (Å²) in [5.74, 6) is 1.26. The molecule has 2 aromatic rings. The molecule has 1 unspecified atom stereocenters. The van der Waals surface area contributed by atoms with Gasteiger partial charge in [0.2, 0.25) is 0 Å². The maximum absolute atomic E-state index is 4.10. The lowest BCUT2D eigenvalue weighted by Gasteiger charge is -2.14. The van der Waals surface area contributed by atoms with Crippen LogP contribution in [-0.4, -0.2) is 9.97 Å². The van der Waals surface area contributed by atoms with Crippen molar-refractivity contribution in [2.24, 2.45) is 5.92 Å².